The second kappa shape index (κ2) is 9.59. The molecule has 0 fully saturated rings. The average Bonchev–Trinajstić information content (AvgIpc) is 2.69. The molecule has 1 amide bonds. The van der Waals surface area contributed by atoms with Crippen molar-refractivity contribution in [3.8, 4) is 5.75 Å². The molecule has 0 aliphatic heterocycles. The van der Waals surface area contributed by atoms with Gasteiger partial charge >= 0.3 is 0 Å². The van der Waals surface area contributed by atoms with Gasteiger partial charge in [-0.1, -0.05) is 26.0 Å². The molecule has 2 aromatic rings. The van der Waals surface area contributed by atoms with Gasteiger partial charge in [0.15, 0.2) is 9.84 Å². The van der Waals surface area contributed by atoms with Gasteiger partial charge in [-0.15, -0.1) is 0 Å². The fourth-order valence-electron chi connectivity index (χ4n) is 2.64. The van der Waals surface area contributed by atoms with Crippen LogP contribution >= 0.6 is 0 Å². The minimum atomic E-state index is -3.91. The van der Waals surface area contributed by atoms with Crippen LogP contribution in [0.25, 0.3) is 0 Å². The molecule has 164 valence electrons. The summed E-state index contributed by atoms with van der Waals surface area (Å²) in [6.45, 7) is 3.61. The maximum atomic E-state index is 12.7. The molecule has 8 nitrogen and oxygen atoms in total. The van der Waals surface area contributed by atoms with E-state index in [1.165, 1.54) is 43.5 Å². The van der Waals surface area contributed by atoms with Crippen molar-refractivity contribution < 1.29 is 26.4 Å². The predicted molar refractivity (Wildman–Crippen MR) is 113 cm³/mol. The van der Waals surface area contributed by atoms with Gasteiger partial charge in [0.1, 0.15) is 11.8 Å². The van der Waals surface area contributed by atoms with Crippen molar-refractivity contribution >= 4 is 25.8 Å². The van der Waals surface area contributed by atoms with Gasteiger partial charge in [-0.3, -0.25) is 4.79 Å². The molecular weight excluding hydrogens is 428 g/mol. The van der Waals surface area contributed by atoms with E-state index in [4.69, 9.17) is 4.74 Å². The summed E-state index contributed by atoms with van der Waals surface area (Å²) in [5, 5.41) is 2.70. The third-order valence-corrected chi connectivity index (χ3v) is 7.00. The van der Waals surface area contributed by atoms with Gasteiger partial charge in [0.2, 0.25) is 15.9 Å². The van der Waals surface area contributed by atoms with Crippen molar-refractivity contribution in [3.63, 3.8) is 0 Å². The zero-order chi connectivity index (χ0) is 22.5. The number of rotatable bonds is 9. The predicted octanol–water partition coefficient (Wildman–Crippen LogP) is 1.72. The van der Waals surface area contributed by atoms with Gasteiger partial charge < -0.3 is 10.1 Å². The van der Waals surface area contributed by atoms with E-state index in [0.717, 1.165) is 6.26 Å². The number of sulfone groups is 1. The fourth-order valence-corrected chi connectivity index (χ4v) is 4.61. The van der Waals surface area contributed by atoms with Gasteiger partial charge in [-0.05, 0) is 47.9 Å². The summed E-state index contributed by atoms with van der Waals surface area (Å²) < 4.78 is 55.9. The Bertz CT molecular complexity index is 1080. The van der Waals surface area contributed by atoms with Crippen LogP contribution < -0.4 is 14.8 Å². The number of carbonyl (C=O) groups is 1. The first-order valence-electron chi connectivity index (χ1n) is 9.17. The summed E-state index contributed by atoms with van der Waals surface area (Å²) in [5.41, 5.74) is 0.691. The van der Waals surface area contributed by atoms with Gasteiger partial charge in [-0.2, -0.15) is 4.72 Å². The zero-order valence-corrected chi connectivity index (χ0v) is 18.9. The Morgan fingerprint density at radius 3 is 1.93 bits per heavy atom. The molecule has 2 aromatic carbocycles. The molecule has 0 aliphatic carbocycles. The summed E-state index contributed by atoms with van der Waals surface area (Å²) in [4.78, 5) is 12.9. The number of hydrogen-bond acceptors (Lipinski definition) is 6. The first kappa shape index (κ1) is 23.8. The molecule has 0 aliphatic rings. The maximum absolute atomic E-state index is 12.7. The van der Waals surface area contributed by atoms with Crippen LogP contribution in [0.1, 0.15) is 19.4 Å². The lowest BCUT2D eigenvalue weighted by molar-refractivity contribution is -0.123. The SMILES string of the molecule is COc1ccc(S(=O)(=O)N[C@H](C(=O)NCc2ccc(S(C)(=O)=O)cc2)C(C)C)cc1. The molecule has 2 rings (SSSR count). The Morgan fingerprint density at radius 1 is 0.933 bits per heavy atom. The van der Waals surface area contributed by atoms with Crippen LogP contribution in [0.2, 0.25) is 0 Å². The highest BCUT2D eigenvalue weighted by atomic mass is 32.2. The van der Waals surface area contributed by atoms with Crippen LogP contribution in [0.4, 0.5) is 0 Å². The van der Waals surface area contributed by atoms with Gasteiger partial charge in [0, 0.05) is 12.8 Å². The highest BCUT2D eigenvalue weighted by Gasteiger charge is 2.28. The number of benzene rings is 2. The lowest BCUT2D eigenvalue weighted by Gasteiger charge is -2.22. The normalized spacial score (nSPS) is 13.1. The van der Waals surface area contributed by atoms with E-state index < -0.39 is 31.8 Å². The van der Waals surface area contributed by atoms with Gasteiger partial charge in [0.25, 0.3) is 0 Å². The zero-order valence-electron chi connectivity index (χ0n) is 17.2. The molecule has 0 radical (unpaired) electrons. The number of nitrogens with one attached hydrogen (secondary N) is 2. The van der Waals surface area contributed by atoms with Gasteiger partial charge in [0.05, 0.1) is 16.9 Å². The Hall–Kier alpha value is -2.43. The molecule has 0 saturated carbocycles. The van der Waals surface area contributed by atoms with Crippen LogP contribution in [0.15, 0.2) is 58.3 Å². The van der Waals surface area contributed by atoms with E-state index in [-0.39, 0.29) is 22.3 Å². The van der Waals surface area contributed by atoms with Crippen molar-refractivity contribution in [2.24, 2.45) is 5.92 Å². The Kier molecular flexibility index (Phi) is 7.62. The first-order valence-corrected chi connectivity index (χ1v) is 12.5. The maximum Gasteiger partial charge on any atom is 0.241 e. The summed E-state index contributed by atoms with van der Waals surface area (Å²) in [5.74, 6) is -0.256. The number of amides is 1. The van der Waals surface area contributed by atoms with Crippen LogP contribution in [-0.2, 0) is 31.2 Å². The van der Waals surface area contributed by atoms with Crippen LogP contribution in [0.3, 0.4) is 0 Å². The number of methoxy groups -OCH3 is 1. The molecule has 0 bridgehead atoms. The van der Waals surface area contributed by atoms with E-state index in [1.54, 1.807) is 26.0 Å². The van der Waals surface area contributed by atoms with Crippen LogP contribution in [-0.4, -0.2) is 42.2 Å². The number of carbonyl (C=O) groups excluding carboxylic acids is 1. The molecule has 1 atom stereocenters. The average molecular weight is 455 g/mol. The monoisotopic (exact) mass is 454 g/mol. The van der Waals surface area contributed by atoms with Crippen LogP contribution in [0, 0.1) is 5.92 Å². The second-order valence-electron chi connectivity index (χ2n) is 7.15. The molecular formula is C20H26N2O6S2. The lowest BCUT2D eigenvalue weighted by atomic mass is 10.0. The number of ether oxygens (including phenoxy) is 1. The molecule has 0 aromatic heterocycles. The minimum absolute atomic E-state index is 0.0260. The highest BCUT2D eigenvalue weighted by Crippen LogP contribution is 2.17. The van der Waals surface area contributed by atoms with E-state index in [2.05, 4.69) is 10.0 Å². The Morgan fingerprint density at radius 2 is 1.47 bits per heavy atom. The highest BCUT2D eigenvalue weighted by molar-refractivity contribution is 7.90. The van der Waals surface area contributed by atoms with Crippen LogP contribution in [0.5, 0.6) is 5.75 Å². The third-order valence-electron chi connectivity index (χ3n) is 4.42. The Labute approximate surface area is 177 Å². The summed E-state index contributed by atoms with van der Waals surface area (Å²) in [6.07, 6.45) is 1.12. The molecule has 10 heteroatoms. The summed E-state index contributed by atoms with van der Waals surface area (Å²) >= 11 is 0. The molecule has 0 saturated heterocycles. The number of sulfonamides is 1. The lowest BCUT2D eigenvalue weighted by Crippen LogP contribution is -2.49. The van der Waals surface area contributed by atoms with Crippen molar-refractivity contribution in [1.29, 1.82) is 0 Å². The van der Waals surface area contributed by atoms with E-state index in [0.29, 0.717) is 11.3 Å². The topological polar surface area (TPSA) is 119 Å². The molecule has 0 unspecified atom stereocenters. The van der Waals surface area contributed by atoms with Crippen molar-refractivity contribution in [2.75, 3.05) is 13.4 Å². The summed E-state index contributed by atoms with van der Waals surface area (Å²) in [7, 11) is -5.73. The largest absolute Gasteiger partial charge is 0.497 e. The Balaban J connectivity index is 2.08. The first-order chi connectivity index (χ1) is 13.9. The fraction of sp³-hybridized carbons (Fsp3) is 0.350. The van der Waals surface area contributed by atoms with Gasteiger partial charge in [-0.25, -0.2) is 16.8 Å². The third kappa shape index (κ3) is 6.28. The van der Waals surface area contributed by atoms with Crippen molar-refractivity contribution in [3.05, 3.63) is 54.1 Å². The van der Waals surface area contributed by atoms with E-state index in [1.807, 2.05) is 0 Å². The smallest absolute Gasteiger partial charge is 0.241 e. The minimum Gasteiger partial charge on any atom is -0.497 e. The molecule has 30 heavy (non-hydrogen) atoms. The van der Waals surface area contributed by atoms with E-state index >= 15 is 0 Å². The summed E-state index contributed by atoms with van der Waals surface area (Å²) in [6, 6.07) is 11.0. The quantitative estimate of drug-likeness (QED) is 0.596. The molecule has 0 spiro atoms. The standard InChI is InChI=1S/C20H26N2O6S2/c1-14(2)19(22-30(26,27)18-11-7-16(28-3)8-12-18)20(23)21-13-15-5-9-17(10-6-15)29(4,24)25/h5-12,14,19,22H,13H2,1-4H3,(H,21,23)/t19-/m0/s1. The second-order valence-corrected chi connectivity index (χ2v) is 10.9. The van der Waals surface area contributed by atoms with Crippen molar-refractivity contribution in [2.45, 2.75) is 36.2 Å². The number of hydrogen-bond donors (Lipinski definition) is 2. The van der Waals surface area contributed by atoms with Crippen molar-refractivity contribution in [1.82, 2.24) is 10.0 Å². The molecule has 2 N–H and O–H groups in total. The molecule has 0 heterocycles. The van der Waals surface area contributed by atoms with E-state index in [9.17, 15) is 21.6 Å².